The quantitative estimate of drug-likeness (QED) is 0.183. The lowest BCUT2D eigenvalue weighted by molar-refractivity contribution is -0.0259. The van der Waals surface area contributed by atoms with Crippen molar-refractivity contribution in [3.63, 3.8) is 0 Å². The summed E-state index contributed by atoms with van der Waals surface area (Å²) in [7, 11) is -7.13. The Kier molecular flexibility index (Phi) is 21.3. The van der Waals surface area contributed by atoms with Crippen LogP contribution in [-0.2, 0) is 37.1 Å². The van der Waals surface area contributed by atoms with Crippen molar-refractivity contribution in [2.24, 2.45) is 0 Å². The van der Waals surface area contributed by atoms with Crippen molar-refractivity contribution in [1.29, 1.82) is 0 Å². The Labute approximate surface area is 180 Å². The maximum Gasteiger partial charge on any atom is 0.330 e. The van der Waals surface area contributed by atoms with Crippen molar-refractivity contribution >= 4 is 15.2 Å². The Balaban J connectivity index is 0. The second-order valence-corrected chi connectivity index (χ2v) is 10.4. The zero-order chi connectivity index (χ0) is 23.5. The Hall–Kier alpha value is 0.1000. The van der Waals surface area contributed by atoms with Gasteiger partial charge in [-0.1, -0.05) is 27.7 Å². The highest BCUT2D eigenvalue weighted by atomic mass is 31.2. The molecule has 0 aromatic heterocycles. The molecule has 0 aromatic rings. The molecule has 3 N–H and O–H groups in total. The van der Waals surface area contributed by atoms with Gasteiger partial charge in [0.1, 0.15) is 6.10 Å². The van der Waals surface area contributed by atoms with Gasteiger partial charge in [-0.3, -0.25) is 9.13 Å². The molecule has 13 heteroatoms. The molecule has 0 aliphatic rings. The maximum atomic E-state index is 11.6. The molecule has 0 saturated heterocycles. The summed E-state index contributed by atoms with van der Waals surface area (Å²) in [4.78, 5) is 18.4. The molecule has 0 bridgehead atoms. The van der Waals surface area contributed by atoms with Crippen molar-refractivity contribution in [3.05, 3.63) is 0 Å². The van der Waals surface area contributed by atoms with E-state index < -0.39 is 27.0 Å². The lowest BCUT2D eigenvalue weighted by Gasteiger charge is -2.18. The summed E-state index contributed by atoms with van der Waals surface area (Å²) in [6, 6.07) is 0. The van der Waals surface area contributed by atoms with Crippen LogP contribution in [0.5, 0.6) is 0 Å². The van der Waals surface area contributed by atoms with E-state index in [2.05, 4.69) is 4.52 Å². The lowest BCUT2D eigenvalue weighted by atomic mass is 10.4. The van der Waals surface area contributed by atoms with Gasteiger partial charge in [0.2, 0.25) is 0 Å². The maximum absolute atomic E-state index is 11.6. The minimum Gasteiger partial charge on any atom is -0.388 e. The van der Waals surface area contributed by atoms with Gasteiger partial charge in [-0.15, -0.1) is 0 Å². The summed E-state index contributed by atoms with van der Waals surface area (Å²) in [5.74, 6) is 0. The molecule has 0 aromatic carbocycles. The van der Waals surface area contributed by atoms with Crippen LogP contribution in [-0.4, -0.2) is 99.4 Å². The van der Waals surface area contributed by atoms with Crippen molar-refractivity contribution < 1.29 is 52.0 Å². The third-order valence-corrected chi connectivity index (χ3v) is 5.58. The Morgan fingerprint density at radius 2 is 1.10 bits per heavy atom. The largest absolute Gasteiger partial charge is 0.388 e. The Morgan fingerprint density at radius 3 is 1.50 bits per heavy atom. The molecule has 0 rings (SSSR count). The van der Waals surface area contributed by atoms with E-state index >= 15 is 0 Å². The lowest BCUT2D eigenvalue weighted by Crippen LogP contribution is -2.23. The van der Waals surface area contributed by atoms with E-state index in [-0.39, 0.29) is 33.0 Å². The average Bonchev–Trinajstić information content (AvgIpc) is 2.67. The molecule has 30 heavy (non-hydrogen) atoms. The molecule has 3 unspecified atom stereocenters. The fraction of sp³-hybridized carbons (Fsp3) is 1.00. The molecule has 0 spiro atoms. The summed E-state index contributed by atoms with van der Waals surface area (Å²) < 4.78 is 52.7. The van der Waals surface area contributed by atoms with E-state index in [4.69, 9.17) is 28.4 Å². The van der Waals surface area contributed by atoms with Crippen LogP contribution in [0.1, 0.15) is 27.7 Å². The summed E-state index contributed by atoms with van der Waals surface area (Å²) >= 11 is 0. The van der Waals surface area contributed by atoms with Gasteiger partial charge in [0.05, 0.1) is 71.7 Å². The van der Waals surface area contributed by atoms with Crippen molar-refractivity contribution in [2.75, 3.05) is 72.7 Å². The number of rotatable bonds is 19. The topological polar surface area (TPSA) is 150 Å². The van der Waals surface area contributed by atoms with Gasteiger partial charge >= 0.3 is 15.2 Å². The molecule has 0 aliphatic heterocycles. The molecule has 0 radical (unpaired) electrons. The smallest absolute Gasteiger partial charge is 0.330 e. The fourth-order valence-electron chi connectivity index (χ4n) is 1.53. The molecule has 0 fully saturated rings. The molecular formula is C17H40O11P2. The third kappa shape index (κ3) is 22.8. The van der Waals surface area contributed by atoms with E-state index in [1.54, 1.807) is 13.8 Å². The van der Waals surface area contributed by atoms with Gasteiger partial charge in [0, 0.05) is 6.66 Å². The zero-order valence-electron chi connectivity index (χ0n) is 18.7. The van der Waals surface area contributed by atoms with Crippen LogP contribution in [0.25, 0.3) is 0 Å². The van der Waals surface area contributed by atoms with E-state index in [9.17, 15) is 19.1 Å². The van der Waals surface area contributed by atoms with E-state index in [1.165, 1.54) is 0 Å². The third-order valence-electron chi connectivity index (χ3n) is 3.09. The minimum atomic E-state index is -3.69. The minimum absolute atomic E-state index is 0.0250. The number of ether oxygens (including phenoxy) is 4. The van der Waals surface area contributed by atoms with Crippen LogP contribution < -0.4 is 0 Å². The van der Waals surface area contributed by atoms with E-state index in [1.807, 2.05) is 13.8 Å². The predicted molar refractivity (Wildman–Crippen MR) is 113 cm³/mol. The molecule has 0 heterocycles. The number of aliphatic hydroxyl groups is 1. The first-order valence-electron chi connectivity index (χ1n) is 9.95. The van der Waals surface area contributed by atoms with Gasteiger partial charge < -0.3 is 42.9 Å². The Morgan fingerprint density at radius 1 is 0.700 bits per heavy atom. The van der Waals surface area contributed by atoms with Crippen LogP contribution in [0.4, 0.5) is 0 Å². The fourth-order valence-corrected chi connectivity index (χ4v) is 2.63. The van der Waals surface area contributed by atoms with E-state index in [0.717, 1.165) is 6.66 Å². The van der Waals surface area contributed by atoms with Crippen molar-refractivity contribution in [1.82, 2.24) is 0 Å². The van der Waals surface area contributed by atoms with Crippen LogP contribution in [0.3, 0.4) is 0 Å². The molecule has 3 atom stereocenters. The van der Waals surface area contributed by atoms with Gasteiger partial charge in [-0.05, 0) is 0 Å². The van der Waals surface area contributed by atoms with Gasteiger partial charge in [0.15, 0.2) is 0 Å². The van der Waals surface area contributed by atoms with Crippen LogP contribution in [0.2, 0.25) is 0 Å². The predicted octanol–water partition coefficient (Wildman–Crippen LogP) is 1.88. The van der Waals surface area contributed by atoms with Gasteiger partial charge in [-0.2, -0.15) is 0 Å². The van der Waals surface area contributed by atoms with Crippen molar-refractivity contribution in [2.45, 2.75) is 39.5 Å². The van der Waals surface area contributed by atoms with Gasteiger partial charge in [-0.25, -0.2) is 0 Å². The highest BCUT2D eigenvalue weighted by molar-refractivity contribution is 7.53. The molecule has 11 nitrogen and oxygen atoms in total. The Bertz CT molecular complexity index is 471. The summed E-state index contributed by atoms with van der Waals surface area (Å²) in [6.07, 6.45) is -0.991. The normalized spacial score (nSPS) is 16.4. The summed E-state index contributed by atoms with van der Waals surface area (Å²) in [5, 5.41) is 9.62. The van der Waals surface area contributed by atoms with Gasteiger partial charge in [0.25, 0.3) is 0 Å². The molecule has 0 aliphatic carbocycles. The molecule has 0 saturated carbocycles. The first-order valence-corrected chi connectivity index (χ1v) is 13.6. The monoisotopic (exact) mass is 482 g/mol. The first kappa shape index (κ1) is 32.3. The first-order chi connectivity index (χ1) is 14.0. The van der Waals surface area contributed by atoms with Crippen LogP contribution in [0.15, 0.2) is 0 Å². The van der Waals surface area contributed by atoms with E-state index in [0.29, 0.717) is 33.0 Å². The average molecular weight is 482 g/mol. The number of hydrogen-bond donors (Lipinski definition) is 3. The standard InChI is InChI=1S/C15H34O11P2.C2H6/c1-14(2)28(19,20)26-13-15(16)12-24-9-8-22-5-4-21-6-7-23-10-11-25-27(3,17)18;1-2/h14-16H,4-13H2,1-3H3,(H,17,18)(H,19,20);1-2H3. The SMILES string of the molecule is CC.CC(C)P(=O)(O)OCC(O)COCCOCCOCCOCCOP(C)(=O)O. The number of hydrogen-bond acceptors (Lipinski definition) is 9. The second kappa shape index (κ2) is 19.8. The molecule has 0 amide bonds. The zero-order valence-corrected chi connectivity index (χ0v) is 20.5. The number of aliphatic hydroxyl groups excluding tert-OH is 1. The summed E-state index contributed by atoms with van der Waals surface area (Å²) in [6.45, 7) is 10.2. The molecular weight excluding hydrogens is 442 g/mol. The highest BCUT2D eigenvalue weighted by Gasteiger charge is 2.25. The van der Waals surface area contributed by atoms with Crippen molar-refractivity contribution in [3.8, 4) is 0 Å². The van der Waals surface area contributed by atoms with Crippen LogP contribution >= 0.6 is 15.2 Å². The second-order valence-electron chi connectivity index (χ2n) is 6.16. The molecule has 184 valence electrons. The highest BCUT2D eigenvalue weighted by Crippen LogP contribution is 2.46. The van der Waals surface area contributed by atoms with Crippen LogP contribution in [0, 0.1) is 0 Å². The summed E-state index contributed by atoms with van der Waals surface area (Å²) in [5.41, 5.74) is -0.528.